The van der Waals surface area contributed by atoms with Gasteiger partial charge in [0.05, 0.1) is 5.69 Å². The SMILES string of the molecule is C=C(Cl)c1cccc(N=S=O)c1. The van der Waals surface area contributed by atoms with Gasteiger partial charge in [-0.1, -0.05) is 30.3 Å². The minimum absolute atomic E-state index is 0.177. The zero-order valence-electron chi connectivity index (χ0n) is 6.16. The van der Waals surface area contributed by atoms with Gasteiger partial charge in [-0.05, 0) is 17.7 Å². The highest BCUT2D eigenvalue weighted by Crippen LogP contribution is 2.21. The van der Waals surface area contributed by atoms with Crippen molar-refractivity contribution in [3.8, 4) is 0 Å². The van der Waals surface area contributed by atoms with E-state index in [0.717, 1.165) is 5.56 Å². The lowest BCUT2D eigenvalue weighted by Crippen LogP contribution is -1.73. The first-order valence-corrected chi connectivity index (χ1v) is 4.26. The molecule has 0 saturated heterocycles. The first-order chi connectivity index (χ1) is 5.74. The highest BCUT2D eigenvalue weighted by molar-refractivity contribution is 7.54. The zero-order chi connectivity index (χ0) is 8.97. The van der Waals surface area contributed by atoms with E-state index in [9.17, 15) is 4.21 Å². The van der Waals surface area contributed by atoms with Crippen LogP contribution in [0, 0.1) is 0 Å². The van der Waals surface area contributed by atoms with Crippen LogP contribution >= 0.6 is 11.6 Å². The molecule has 0 spiro atoms. The van der Waals surface area contributed by atoms with Crippen molar-refractivity contribution < 1.29 is 4.21 Å². The summed E-state index contributed by atoms with van der Waals surface area (Å²) in [6, 6.07) is 7.02. The minimum atomic E-state index is 0.177. The molecule has 0 aromatic heterocycles. The lowest BCUT2D eigenvalue weighted by atomic mass is 10.2. The fourth-order valence-corrected chi connectivity index (χ4v) is 1.09. The van der Waals surface area contributed by atoms with E-state index in [1.165, 1.54) is 0 Å². The van der Waals surface area contributed by atoms with Gasteiger partial charge in [-0.25, -0.2) is 0 Å². The third kappa shape index (κ3) is 2.29. The lowest BCUT2D eigenvalue weighted by Gasteiger charge is -1.96. The number of rotatable bonds is 2. The normalized spacial score (nSPS) is 9.08. The van der Waals surface area contributed by atoms with Crippen LogP contribution in [0.25, 0.3) is 5.03 Å². The molecular weight excluding hydrogens is 194 g/mol. The van der Waals surface area contributed by atoms with Gasteiger partial charge < -0.3 is 0 Å². The molecule has 0 aliphatic carbocycles. The van der Waals surface area contributed by atoms with E-state index in [1.807, 2.05) is 6.07 Å². The molecule has 1 aromatic rings. The van der Waals surface area contributed by atoms with Crippen molar-refractivity contribution in [2.24, 2.45) is 4.36 Å². The van der Waals surface area contributed by atoms with Crippen molar-refractivity contribution in [2.75, 3.05) is 0 Å². The Bertz CT molecular complexity index is 341. The second kappa shape index (κ2) is 4.18. The summed E-state index contributed by atoms with van der Waals surface area (Å²) in [5, 5.41) is 0.447. The number of hydrogen-bond acceptors (Lipinski definition) is 2. The van der Waals surface area contributed by atoms with Crippen LogP contribution in [0.15, 0.2) is 35.2 Å². The van der Waals surface area contributed by atoms with Gasteiger partial charge >= 0.3 is 0 Å². The molecule has 0 unspecified atom stereocenters. The summed E-state index contributed by atoms with van der Waals surface area (Å²) >= 11 is 5.83. The van der Waals surface area contributed by atoms with Gasteiger partial charge in [0.15, 0.2) is 0 Å². The van der Waals surface area contributed by atoms with E-state index >= 15 is 0 Å². The van der Waals surface area contributed by atoms with Gasteiger partial charge in [0.1, 0.15) is 0 Å². The molecule has 0 saturated carbocycles. The number of benzene rings is 1. The zero-order valence-corrected chi connectivity index (χ0v) is 7.73. The number of hydrogen-bond donors (Lipinski definition) is 0. The first kappa shape index (κ1) is 9.16. The Kier molecular flexibility index (Phi) is 3.19. The predicted molar refractivity (Wildman–Crippen MR) is 51.6 cm³/mol. The lowest BCUT2D eigenvalue weighted by molar-refractivity contribution is 0.698. The van der Waals surface area contributed by atoms with Crippen LogP contribution in [0.1, 0.15) is 5.56 Å². The molecule has 0 aliphatic rings. The van der Waals surface area contributed by atoms with E-state index in [-0.39, 0.29) is 11.5 Å². The van der Waals surface area contributed by atoms with E-state index in [0.29, 0.717) is 10.7 Å². The predicted octanol–water partition coefficient (Wildman–Crippen LogP) is 2.92. The van der Waals surface area contributed by atoms with Gasteiger partial charge in [-0.15, -0.1) is 0 Å². The summed E-state index contributed by atoms with van der Waals surface area (Å²) in [5.74, 6) is 0. The molecule has 1 rings (SSSR count). The summed E-state index contributed by atoms with van der Waals surface area (Å²) in [7, 11) is 0. The third-order valence-electron chi connectivity index (χ3n) is 1.30. The van der Waals surface area contributed by atoms with Crippen molar-refractivity contribution in [3.63, 3.8) is 0 Å². The topological polar surface area (TPSA) is 29.4 Å². The Hall–Kier alpha value is -0.930. The second-order valence-corrected chi connectivity index (χ2v) is 2.91. The number of halogens is 1. The maximum absolute atomic E-state index is 10.1. The molecule has 4 heteroatoms. The van der Waals surface area contributed by atoms with Crippen molar-refractivity contribution in [1.29, 1.82) is 0 Å². The van der Waals surface area contributed by atoms with Crippen LogP contribution in [-0.2, 0) is 11.5 Å². The summed E-state index contributed by atoms with van der Waals surface area (Å²) in [6.45, 7) is 3.57. The molecule has 0 bridgehead atoms. The van der Waals surface area contributed by atoms with Crippen molar-refractivity contribution in [1.82, 2.24) is 0 Å². The molecule has 0 aliphatic heterocycles. The van der Waals surface area contributed by atoms with Crippen LogP contribution in [-0.4, -0.2) is 4.21 Å². The molecule has 1 aromatic carbocycles. The van der Waals surface area contributed by atoms with Crippen LogP contribution in [0.2, 0.25) is 0 Å². The van der Waals surface area contributed by atoms with Crippen molar-refractivity contribution in [3.05, 3.63) is 36.4 Å². The molecular formula is C8H6ClNOS. The molecule has 0 radical (unpaired) electrons. The average molecular weight is 200 g/mol. The third-order valence-corrected chi connectivity index (χ3v) is 1.81. The smallest absolute Gasteiger partial charge is 0.191 e. The maximum atomic E-state index is 10.1. The van der Waals surface area contributed by atoms with Gasteiger partial charge in [-0.2, -0.15) is 8.57 Å². The Balaban J connectivity index is 3.11. The van der Waals surface area contributed by atoms with Gasteiger partial charge in [0.25, 0.3) is 0 Å². The fraction of sp³-hybridized carbons (Fsp3) is 0. The Morgan fingerprint density at radius 3 is 2.92 bits per heavy atom. The van der Waals surface area contributed by atoms with Crippen LogP contribution in [0.4, 0.5) is 5.69 Å². The largest absolute Gasteiger partial charge is 0.205 e. The summed E-state index contributed by atoms with van der Waals surface area (Å²) in [4.78, 5) is 0. The van der Waals surface area contributed by atoms with E-state index in [1.54, 1.807) is 18.2 Å². The van der Waals surface area contributed by atoms with E-state index < -0.39 is 0 Å². The summed E-state index contributed by atoms with van der Waals surface area (Å²) in [6.07, 6.45) is 0. The molecule has 0 N–H and O–H groups in total. The van der Waals surface area contributed by atoms with Gasteiger partial charge in [0.2, 0.25) is 11.5 Å². The fourth-order valence-electron chi connectivity index (χ4n) is 0.774. The van der Waals surface area contributed by atoms with E-state index in [4.69, 9.17) is 11.6 Å². The Labute approximate surface area is 79.1 Å². The van der Waals surface area contributed by atoms with Gasteiger partial charge in [-0.3, -0.25) is 0 Å². The molecule has 2 nitrogen and oxygen atoms in total. The molecule has 0 amide bonds. The van der Waals surface area contributed by atoms with Crippen molar-refractivity contribution in [2.45, 2.75) is 0 Å². The van der Waals surface area contributed by atoms with Crippen LogP contribution in [0.5, 0.6) is 0 Å². The van der Waals surface area contributed by atoms with Crippen molar-refractivity contribution >= 4 is 33.8 Å². The number of nitrogens with zero attached hydrogens (tertiary/aromatic N) is 1. The second-order valence-electron chi connectivity index (χ2n) is 2.12. The average Bonchev–Trinajstić information content (AvgIpc) is 2.05. The standard InChI is InChI=1S/C8H6ClNOS/c1-6(9)7-3-2-4-8(5-7)10-12-11/h2-5H,1H2. The van der Waals surface area contributed by atoms with E-state index in [2.05, 4.69) is 10.9 Å². The maximum Gasteiger partial charge on any atom is 0.205 e. The molecule has 0 atom stereocenters. The summed E-state index contributed by atoms with van der Waals surface area (Å²) < 4.78 is 13.7. The monoisotopic (exact) mass is 199 g/mol. The van der Waals surface area contributed by atoms with Crippen LogP contribution in [0.3, 0.4) is 0 Å². The highest BCUT2D eigenvalue weighted by Gasteiger charge is 1.95. The molecule has 0 heterocycles. The quantitative estimate of drug-likeness (QED) is 0.720. The van der Waals surface area contributed by atoms with Crippen LogP contribution < -0.4 is 0 Å². The molecule has 0 fully saturated rings. The minimum Gasteiger partial charge on any atom is -0.191 e. The van der Waals surface area contributed by atoms with Gasteiger partial charge in [0, 0.05) is 5.03 Å². The first-order valence-electron chi connectivity index (χ1n) is 3.19. The molecule has 12 heavy (non-hydrogen) atoms. The molecule has 62 valence electrons. The Morgan fingerprint density at radius 2 is 2.33 bits per heavy atom. The highest BCUT2D eigenvalue weighted by atomic mass is 35.5. The Morgan fingerprint density at radius 1 is 1.58 bits per heavy atom. The summed E-state index contributed by atoms with van der Waals surface area (Å²) in [5.41, 5.74) is 1.39.